The molecule has 1 unspecified atom stereocenters. The molecule has 5 nitrogen and oxygen atoms in total. The predicted molar refractivity (Wildman–Crippen MR) is 129 cm³/mol. The third kappa shape index (κ3) is 4.85. The zero-order valence-corrected chi connectivity index (χ0v) is 18.8. The molecule has 4 aromatic rings. The first-order valence-corrected chi connectivity index (χ1v) is 11.3. The van der Waals surface area contributed by atoms with E-state index in [1.54, 1.807) is 6.92 Å². The van der Waals surface area contributed by atoms with Crippen LogP contribution in [-0.4, -0.2) is 34.7 Å². The van der Waals surface area contributed by atoms with Gasteiger partial charge >= 0.3 is 0 Å². The van der Waals surface area contributed by atoms with Gasteiger partial charge in [0, 0.05) is 36.8 Å². The molecule has 2 heterocycles. The van der Waals surface area contributed by atoms with Gasteiger partial charge in [-0.25, -0.2) is 0 Å². The summed E-state index contributed by atoms with van der Waals surface area (Å²) < 4.78 is 11.9. The summed E-state index contributed by atoms with van der Waals surface area (Å²) in [6.45, 7) is 4.97. The van der Waals surface area contributed by atoms with Gasteiger partial charge in [0.15, 0.2) is 0 Å². The highest BCUT2D eigenvalue weighted by Gasteiger charge is 2.26. The van der Waals surface area contributed by atoms with Crippen LogP contribution in [0.15, 0.2) is 85.1 Å². The van der Waals surface area contributed by atoms with Crippen LogP contribution < -0.4 is 9.47 Å². The van der Waals surface area contributed by atoms with Crippen molar-refractivity contribution in [3.05, 3.63) is 102 Å². The van der Waals surface area contributed by atoms with Gasteiger partial charge in [-0.2, -0.15) is 0 Å². The molecule has 0 aliphatic carbocycles. The number of hydrogen-bond acceptors (Lipinski definition) is 5. The van der Waals surface area contributed by atoms with Crippen LogP contribution in [0, 0.1) is 0 Å². The summed E-state index contributed by atoms with van der Waals surface area (Å²) in [5.74, 6) is 1.62. The van der Waals surface area contributed by atoms with E-state index in [9.17, 15) is 5.11 Å². The Morgan fingerprint density at radius 2 is 1.91 bits per heavy atom. The minimum Gasteiger partial charge on any atom is -0.492 e. The van der Waals surface area contributed by atoms with E-state index >= 15 is 0 Å². The lowest BCUT2D eigenvalue weighted by Gasteiger charge is -2.25. The molecule has 0 amide bonds. The summed E-state index contributed by atoms with van der Waals surface area (Å²) in [5.41, 5.74) is 3.03. The van der Waals surface area contributed by atoms with Gasteiger partial charge in [0.25, 0.3) is 0 Å². The number of ether oxygens (including phenoxy) is 2. The van der Waals surface area contributed by atoms with Crippen LogP contribution >= 0.6 is 0 Å². The summed E-state index contributed by atoms with van der Waals surface area (Å²) in [6, 6.07) is 25.9. The molecule has 1 aromatic heterocycles. The first-order chi connectivity index (χ1) is 16.1. The van der Waals surface area contributed by atoms with E-state index in [4.69, 9.17) is 9.47 Å². The van der Waals surface area contributed by atoms with Gasteiger partial charge in [-0.1, -0.05) is 42.5 Å². The first kappa shape index (κ1) is 21.4. The quantitative estimate of drug-likeness (QED) is 0.461. The zero-order valence-electron chi connectivity index (χ0n) is 18.8. The van der Waals surface area contributed by atoms with Crippen LogP contribution in [0.4, 0.5) is 0 Å². The lowest BCUT2D eigenvalue weighted by Crippen LogP contribution is -2.30. The van der Waals surface area contributed by atoms with Gasteiger partial charge in [-0.15, -0.1) is 0 Å². The van der Waals surface area contributed by atoms with E-state index < -0.39 is 5.60 Å². The number of pyridine rings is 1. The second-order valence-corrected chi connectivity index (χ2v) is 8.74. The van der Waals surface area contributed by atoms with Crippen molar-refractivity contribution in [3.63, 3.8) is 0 Å². The van der Waals surface area contributed by atoms with Crippen molar-refractivity contribution in [2.24, 2.45) is 0 Å². The monoisotopic (exact) mass is 440 g/mol. The smallest absolute Gasteiger partial charge is 0.123 e. The Morgan fingerprint density at radius 3 is 2.79 bits per heavy atom. The first-order valence-electron chi connectivity index (χ1n) is 11.3. The number of aliphatic hydroxyl groups is 1. The number of rotatable bonds is 6. The lowest BCUT2D eigenvalue weighted by atomic mass is 9.94. The highest BCUT2D eigenvalue weighted by atomic mass is 16.5. The molecule has 3 aromatic carbocycles. The van der Waals surface area contributed by atoms with E-state index in [0.717, 1.165) is 47.8 Å². The Morgan fingerprint density at radius 1 is 1.03 bits per heavy atom. The molecule has 5 rings (SSSR count). The minimum absolute atomic E-state index is 0.170. The molecule has 0 saturated carbocycles. The van der Waals surface area contributed by atoms with E-state index in [1.807, 2.05) is 66.9 Å². The van der Waals surface area contributed by atoms with Crippen LogP contribution in [0.25, 0.3) is 10.9 Å². The molecule has 1 aliphatic heterocycles. The molecule has 0 spiro atoms. The van der Waals surface area contributed by atoms with Gasteiger partial charge in [0.1, 0.15) is 30.3 Å². The summed E-state index contributed by atoms with van der Waals surface area (Å²) in [5, 5.41) is 12.3. The van der Waals surface area contributed by atoms with E-state index in [1.165, 1.54) is 10.9 Å². The molecule has 33 heavy (non-hydrogen) atoms. The van der Waals surface area contributed by atoms with Crippen LogP contribution in [0.2, 0.25) is 0 Å². The second-order valence-electron chi connectivity index (χ2n) is 8.74. The highest BCUT2D eigenvalue weighted by molar-refractivity contribution is 5.81. The molecular weight excluding hydrogens is 412 g/mol. The average Bonchev–Trinajstić information content (AvgIpc) is 3.05. The molecule has 1 N–H and O–H groups in total. The molecule has 5 heteroatoms. The van der Waals surface area contributed by atoms with E-state index in [2.05, 4.69) is 28.1 Å². The SMILES string of the molecule is CC(O)(COc1ccccc1)c1ccc2c(c1)CN(Cc1cccc3ncccc13)CCO2. The maximum absolute atomic E-state index is 11.2. The summed E-state index contributed by atoms with van der Waals surface area (Å²) in [7, 11) is 0. The summed E-state index contributed by atoms with van der Waals surface area (Å²) in [4.78, 5) is 6.87. The number of nitrogens with zero attached hydrogens (tertiary/aromatic N) is 2. The largest absolute Gasteiger partial charge is 0.492 e. The molecule has 0 bridgehead atoms. The minimum atomic E-state index is -1.12. The number of fused-ring (bicyclic) bond motifs is 2. The van der Waals surface area contributed by atoms with Gasteiger partial charge < -0.3 is 14.6 Å². The fourth-order valence-corrected chi connectivity index (χ4v) is 4.29. The Kier molecular flexibility index (Phi) is 5.99. The predicted octanol–water partition coefficient (Wildman–Crippen LogP) is 4.92. The molecule has 0 fully saturated rings. The van der Waals surface area contributed by atoms with Crippen molar-refractivity contribution in [3.8, 4) is 11.5 Å². The van der Waals surface area contributed by atoms with Gasteiger partial charge in [0.05, 0.1) is 5.52 Å². The van der Waals surface area contributed by atoms with Gasteiger partial charge in [-0.05, 0) is 54.4 Å². The number of aromatic nitrogens is 1. The lowest BCUT2D eigenvalue weighted by molar-refractivity contribution is 0.00748. The normalized spacial score (nSPS) is 15.8. The third-order valence-corrected chi connectivity index (χ3v) is 6.13. The molecule has 1 atom stereocenters. The van der Waals surface area contributed by atoms with Gasteiger partial charge in [0.2, 0.25) is 0 Å². The molecule has 168 valence electrons. The van der Waals surface area contributed by atoms with Crippen LogP contribution in [0.3, 0.4) is 0 Å². The highest BCUT2D eigenvalue weighted by Crippen LogP contribution is 2.31. The number of para-hydroxylation sites is 1. The zero-order chi connectivity index (χ0) is 22.7. The van der Waals surface area contributed by atoms with E-state index in [0.29, 0.717) is 6.61 Å². The van der Waals surface area contributed by atoms with Crippen LogP contribution in [0.1, 0.15) is 23.6 Å². The summed E-state index contributed by atoms with van der Waals surface area (Å²) in [6.07, 6.45) is 1.83. The van der Waals surface area contributed by atoms with Crippen molar-refractivity contribution < 1.29 is 14.6 Å². The number of benzene rings is 3. The topological polar surface area (TPSA) is 54.8 Å². The fourth-order valence-electron chi connectivity index (χ4n) is 4.29. The van der Waals surface area contributed by atoms with Crippen molar-refractivity contribution in [1.82, 2.24) is 9.88 Å². The number of hydrogen-bond donors (Lipinski definition) is 1. The van der Waals surface area contributed by atoms with Crippen molar-refractivity contribution in [2.75, 3.05) is 19.8 Å². The van der Waals surface area contributed by atoms with E-state index in [-0.39, 0.29) is 6.61 Å². The molecule has 0 saturated heterocycles. The maximum Gasteiger partial charge on any atom is 0.123 e. The van der Waals surface area contributed by atoms with Gasteiger partial charge in [-0.3, -0.25) is 9.88 Å². The van der Waals surface area contributed by atoms with Crippen molar-refractivity contribution >= 4 is 10.9 Å². The van der Waals surface area contributed by atoms with Crippen LogP contribution in [0.5, 0.6) is 11.5 Å². The maximum atomic E-state index is 11.2. The Hall–Kier alpha value is -3.41. The van der Waals surface area contributed by atoms with Crippen LogP contribution in [-0.2, 0) is 18.7 Å². The Balaban J connectivity index is 1.35. The Bertz CT molecular complexity index is 1240. The Labute approximate surface area is 194 Å². The molecule has 0 radical (unpaired) electrons. The van der Waals surface area contributed by atoms with Crippen molar-refractivity contribution in [2.45, 2.75) is 25.6 Å². The molecular formula is C28H28N2O3. The fraction of sp³-hybridized carbons (Fsp3) is 0.250. The second kappa shape index (κ2) is 9.22. The molecule has 1 aliphatic rings. The standard InChI is InChI=1S/C28H28N2O3/c1-28(31,20-33-24-8-3-2-4-9-24)23-12-13-27-22(17-23)19-30(15-16-32-27)18-21-7-5-11-26-25(21)10-6-14-29-26/h2-14,17,31H,15-16,18-20H2,1H3. The van der Waals surface area contributed by atoms with Crippen molar-refractivity contribution in [1.29, 1.82) is 0 Å². The third-order valence-electron chi connectivity index (χ3n) is 6.13. The summed E-state index contributed by atoms with van der Waals surface area (Å²) >= 11 is 0. The average molecular weight is 441 g/mol.